The van der Waals surface area contributed by atoms with E-state index >= 15 is 0 Å². The Morgan fingerprint density at radius 1 is 1.29 bits per heavy atom. The molecule has 0 aliphatic carbocycles. The zero-order valence-corrected chi connectivity index (χ0v) is 14.8. The normalized spacial score (nSPS) is 10.6. The maximum Gasteiger partial charge on any atom is 0.277 e. The highest BCUT2D eigenvalue weighted by Crippen LogP contribution is 2.26. The zero-order chi connectivity index (χ0) is 17.5. The third kappa shape index (κ3) is 4.99. The van der Waals surface area contributed by atoms with E-state index in [0.29, 0.717) is 17.1 Å². The van der Waals surface area contributed by atoms with Crippen LogP contribution in [0.15, 0.2) is 46.0 Å². The first-order valence-electron chi connectivity index (χ1n) is 7.07. The van der Waals surface area contributed by atoms with Crippen LogP contribution in [-0.4, -0.2) is 30.9 Å². The topological polar surface area (TPSA) is 80.2 Å². The number of phenols is 1. The number of hydrogen-bond donors (Lipinski definition) is 2. The Balaban J connectivity index is 1.86. The van der Waals surface area contributed by atoms with Gasteiger partial charge < -0.3 is 14.6 Å². The monoisotopic (exact) mass is 392 g/mol. The van der Waals surface area contributed by atoms with Crippen molar-refractivity contribution in [3.8, 4) is 17.2 Å². The highest BCUT2D eigenvalue weighted by Gasteiger charge is 2.05. The molecule has 0 saturated carbocycles. The third-order valence-electron chi connectivity index (χ3n) is 3.05. The Labute approximate surface area is 148 Å². The summed E-state index contributed by atoms with van der Waals surface area (Å²) in [6, 6.07) is 10.3. The van der Waals surface area contributed by atoms with Crippen LogP contribution in [0.5, 0.6) is 17.2 Å². The molecule has 7 heteroatoms. The molecule has 2 aromatic rings. The molecule has 0 spiro atoms. The van der Waals surface area contributed by atoms with Gasteiger partial charge in [0.1, 0.15) is 5.75 Å². The number of halogens is 1. The third-order valence-corrected chi connectivity index (χ3v) is 3.67. The molecule has 2 N–H and O–H groups in total. The summed E-state index contributed by atoms with van der Waals surface area (Å²) in [5.41, 5.74) is 4.13. The van der Waals surface area contributed by atoms with E-state index in [1.165, 1.54) is 19.4 Å². The summed E-state index contributed by atoms with van der Waals surface area (Å²) in [5.74, 6) is 0.570. The van der Waals surface area contributed by atoms with Gasteiger partial charge in [0.15, 0.2) is 18.1 Å². The second kappa shape index (κ2) is 8.35. The molecule has 0 radical (unpaired) electrons. The highest BCUT2D eigenvalue weighted by atomic mass is 79.9. The molecule has 0 unspecified atom stereocenters. The molecular weight excluding hydrogens is 376 g/mol. The minimum absolute atomic E-state index is 0.0377. The standard InChI is InChI=1S/C17H17BrN2O4/c1-11-3-6-15(13(18)7-11)24-10-17(22)20-19-9-12-4-5-14(21)16(8-12)23-2/h3-9,21H,10H2,1-2H3,(H,20,22)/b19-9+. The number of hydrazone groups is 1. The first-order valence-corrected chi connectivity index (χ1v) is 7.86. The number of aryl methyl sites for hydroxylation is 1. The number of hydrogen-bond acceptors (Lipinski definition) is 5. The summed E-state index contributed by atoms with van der Waals surface area (Å²) in [7, 11) is 1.46. The second-order valence-electron chi connectivity index (χ2n) is 4.95. The van der Waals surface area contributed by atoms with Crippen molar-refractivity contribution in [2.24, 2.45) is 5.10 Å². The zero-order valence-electron chi connectivity index (χ0n) is 13.2. The van der Waals surface area contributed by atoms with Gasteiger partial charge in [0.25, 0.3) is 5.91 Å². The van der Waals surface area contributed by atoms with E-state index in [9.17, 15) is 9.90 Å². The first kappa shape index (κ1) is 17.8. The summed E-state index contributed by atoms with van der Waals surface area (Å²) in [5, 5.41) is 13.3. The lowest BCUT2D eigenvalue weighted by Gasteiger charge is -2.07. The fraction of sp³-hybridized carbons (Fsp3) is 0.176. The Morgan fingerprint density at radius 3 is 2.79 bits per heavy atom. The maximum absolute atomic E-state index is 11.7. The van der Waals surface area contributed by atoms with E-state index in [1.807, 2.05) is 19.1 Å². The van der Waals surface area contributed by atoms with E-state index < -0.39 is 0 Å². The number of ether oxygens (including phenoxy) is 2. The van der Waals surface area contributed by atoms with Gasteiger partial charge in [-0.25, -0.2) is 5.43 Å². The van der Waals surface area contributed by atoms with Crippen LogP contribution in [0.3, 0.4) is 0 Å². The van der Waals surface area contributed by atoms with Crippen molar-refractivity contribution in [3.63, 3.8) is 0 Å². The van der Waals surface area contributed by atoms with Crippen LogP contribution >= 0.6 is 15.9 Å². The van der Waals surface area contributed by atoms with Gasteiger partial charge in [0, 0.05) is 0 Å². The number of carbonyl (C=O) groups is 1. The summed E-state index contributed by atoms with van der Waals surface area (Å²) in [4.78, 5) is 11.7. The number of carbonyl (C=O) groups excluding carboxylic acids is 1. The summed E-state index contributed by atoms with van der Waals surface area (Å²) < 4.78 is 11.2. The Morgan fingerprint density at radius 2 is 2.08 bits per heavy atom. The molecule has 0 aliphatic heterocycles. The van der Waals surface area contributed by atoms with Crippen LogP contribution in [-0.2, 0) is 4.79 Å². The smallest absolute Gasteiger partial charge is 0.277 e. The molecule has 1 amide bonds. The lowest BCUT2D eigenvalue weighted by molar-refractivity contribution is -0.123. The maximum atomic E-state index is 11.7. The van der Waals surface area contributed by atoms with Crippen LogP contribution in [0, 0.1) is 6.92 Å². The molecule has 0 fully saturated rings. The number of aromatic hydroxyl groups is 1. The molecule has 0 aromatic heterocycles. The fourth-order valence-corrected chi connectivity index (χ4v) is 2.46. The first-order chi connectivity index (χ1) is 11.5. The van der Waals surface area contributed by atoms with Gasteiger partial charge in [-0.3, -0.25) is 4.79 Å². The minimum Gasteiger partial charge on any atom is -0.504 e. The Bertz CT molecular complexity index is 762. The van der Waals surface area contributed by atoms with Crippen molar-refractivity contribution in [2.75, 3.05) is 13.7 Å². The summed E-state index contributed by atoms with van der Waals surface area (Å²) >= 11 is 3.38. The predicted molar refractivity (Wildman–Crippen MR) is 94.8 cm³/mol. The molecule has 2 aromatic carbocycles. The van der Waals surface area contributed by atoms with Gasteiger partial charge in [0.05, 0.1) is 17.8 Å². The molecule has 0 heterocycles. The molecular formula is C17H17BrN2O4. The lowest BCUT2D eigenvalue weighted by atomic mass is 10.2. The van der Waals surface area contributed by atoms with Gasteiger partial charge in [0.2, 0.25) is 0 Å². The van der Waals surface area contributed by atoms with Crippen LogP contribution < -0.4 is 14.9 Å². The van der Waals surface area contributed by atoms with Crippen molar-refractivity contribution >= 4 is 28.1 Å². The van der Waals surface area contributed by atoms with Crippen LogP contribution in [0.25, 0.3) is 0 Å². The van der Waals surface area contributed by atoms with E-state index in [1.54, 1.807) is 18.2 Å². The largest absolute Gasteiger partial charge is 0.504 e. The molecule has 0 atom stereocenters. The number of nitrogens with one attached hydrogen (secondary N) is 1. The lowest BCUT2D eigenvalue weighted by Crippen LogP contribution is -2.24. The summed E-state index contributed by atoms with van der Waals surface area (Å²) in [6.45, 7) is 1.81. The molecule has 24 heavy (non-hydrogen) atoms. The number of amides is 1. The van der Waals surface area contributed by atoms with Gasteiger partial charge in [-0.2, -0.15) is 5.10 Å². The highest BCUT2D eigenvalue weighted by molar-refractivity contribution is 9.10. The average Bonchev–Trinajstić information content (AvgIpc) is 2.55. The van der Waals surface area contributed by atoms with E-state index in [-0.39, 0.29) is 18.3 Å². The average molecular weight is 393 g/mol. The number of phenolic OH excluding ortho intramolecular Hbond substituents is 1. The van der Waals surface area contributed by atoms with Gasteiger partial charge >= 0.3 is 0 Å². The molecule has 6 nitrogen and oxygen atoms in total. The van der Waals surface area contributed by atoms with E-state index in [0.717, 1.165) is 10.0 Å². The number of benzene rings is 2. The van der Waals surface area contributed by atoms with Crippen LogP contribution in [0.2, 0.25) is 0 Å². The molecule has 0 aliphatic rings. The van der Waals surface area contributed by atoms with E-state index in [4.69, 9.17) is 9.47 Å². The number of rotatable bonds is 6. The van der Waals surface area contributed by atoms with Crippen molar-refractivity contribution < 1.29 is 19.4 Å². The molecule has 0 bridgehead atoms. The number of methoxy groups -OCH3 is 1. The minimum atomic E-state index is -0.385. The molecule has 126 valence electrons. The Hall–Kier alpha value is -2.54. The van der Waals surface area contributed by atoms with Gasteiger partial charge in [-0.05, 0) is 64.3 Å². The number of nitrogens with zero attached hydrogens (tertiary/aromatic N) is 1. The van der Waals surface area contributed by atoms with Crippen molar-refractivity contribution in [1.82, 2.24) is 5.43 Å². The SMILES string of the molecule is COc1cc(/C=N/NC(=O)COc2ccc(C)cc2Br)ccc1O. The fourth-order valence-electron chi connectivity index (χ4n) is 1.85. The van der Waals surface area contributed by atoms with Crippen LogP contribution in [0.4, 0.5) is 0 Å². The predicted octanol–water partition coefficient (Wildman–Crippen LogP) is 3.00. The van der Waals surface area contributed by atoms with Crippen molar-refractivity contribution in [1.29, 1.82) is 0 Å². The quantitative estimate of drug-likeness (QED) is 0.584. The van der Waals surface area contributed by atoms with Gasteiger partial charge in [-0.1, -0.05) is 6.07 Å². The second-order valence-corrected chi connectivity index (χ2v) is 5.80. The van der Waals surface area contributed by atoms with E-state index in [2.05, 4.69) is 26.5 Å². The molecule has 0 saturated heterocycles. The van der Waals surface area contributed by atoms with Gasteiger partial charge in [-0.15, -0.1) is 0 Å². The van der Waals surface area contributed by atoms with Crippen molar-refractivity contribution in [2.45, 2.75) is 6.92 Å². The molecule has 2 rings (SSSR count). The summed E-state index contributed by atoms with van der Waals surface area (Å²) in [6.07, 6.45) is 1.45. The van der Waals surface area contributed by atoms with Crippen LogP contribution in [0.1, 0.15) is 11.1 Å². The van der Waals surface area contributed by atoms with Crippen molar-refractivity contribution in [3.05, 3.63) is 52.0 Å². The Kier molecular flexibility index (Phi) is 6.20.